The summed E-state index contributed by atoms with van der Waals surface area (Å²) in [6, 6.07) is 8.62. The van der Waals surface area contributed by atoms with Gasteiger partial charge in [0.15, 0.2) is 24.4 Å². The van der Waals surface area contributed by atoms with Gasteiger partial charge in [0.25, 0.3) is 0 Å². The van der Waals surface area contributed by atoms with Crippen molar-refractivity contribution in [2.45, 2.75) is 176 Å². The minimum absolute atomic E-state index is 0.0528. The van der Waals surface area contributed by atoms with E-state index in [1.807, 2.05) is 25.1 Å². The quantitative estimate of drug-likeness (QED) is 0.138. The standard InChI is InChI=1S/C40H61NO7SSi/c1-7-45-37(42)26-30-21-22-31-28-40(49(43,44)32-18-12-9-13-19-32)33(35(27-36(40)41(30)31)48-50(5,6)39(2,3)4)23-24-34(29-16-10-8-11-17-29)47-38-20-14-15-25-46-38/h9,12-13,18-19,29-31,33-36,38H,7-8,10-11,14-17,20-22,25-28H2,1-6H3/t30?,31-,33-,34+,35+,36-,38?,40-/m0/s1. The number of benzene rings is 1. The average molecular weight is 728 g/mol. The first-order chi connectivity index (χ1) is 23.8. The lowest BCUT2D eigenvalue weighted by Crippen LogP contribution is -2.53. The lowest BCUT2D eigenvalue weighted by atomic mass is 9.84. The largest absolute Gasteiger partial charge is 0.466 e. The summed E-state index contributed by atoms with van der Waals surface area (Å²) < 4.78 is 55.1. The number of hydrogen-bond donors (Lipinski definition) is 0. The number of sulfone groups is 1. The van der Waals surface area contributed by atoms with E-state index in [1.165, 1.54) is 6.42 Å². The molecule has 5 fully saturated rings. The highest BCUT2D eigenvalue weighted by Gasteiger charge is 2.71. The molecular formula is C40H61NO7SSi. The molecule has 6 rings (SSSR count). The SMILES string of the molecule is CCOC(=O)CC1CC[C@H]2C[C@@]3(S(=O)(=O)c4ccccc4)[C@H](C[C@@H](O[Si](C)(C)C(C)(C)C)[C@@H]3C#C[C@@H](OC3CCCCO3)C3CCCCC3)N12. The first-order valence-electron chi connectivity index (χ1n) is 19.5. The van der Waals surface area contributed by atoms with Crippen LogP contribution in [0.1, 0.15) is 111 Å². The molecule has 8 nitrogen and oxygen atoms in total. The molecule has 2 aliphatic carbocycles. The third-order valence-corrected chi connectivity index (χ3v) is 20.0. The molecule has 5 aliphatic rings. The Bertz CT molecular complexity index is 1490. The predicted octanol–water partition coefficient (Wildman–Crippen LogP) is 7.66. The molecule has 278 valence electrons. The van der Waals surface area contributed by atoms with Gasteiger partial charge in [0.1, 0.15) is 10.9 Å². The summed E-state index contributed by atoms with van der Waals surface area (Å²) in [5, 5.41) is -0.0666. The monoisotopic (exact) mass is 727 g/mol. The van der Waals surface area contributed by atoms with E-state index < -0.39 is 28.8 Å². The zero-order chi connectivity index (χ0) is 35.7. The van der Waals surface area contributed by atoms with Gasteiger partial charge in [-0.05, 0) is 101 Å². The fourth-order valence-corrected chi connectivity index (χ4v) is 13.2. The van der Waals surface area contributed by atoms with Gasteiger partial charge in [-0.3, -0.25) is 9.69 Å². The van der Waals surface area contributed by atoms with Gasteiger partial charge >= 0.3 is 5.97 Å². The molecule has 0 aromatic heterocycles. The summed E-state index contributed by atoms with van der Waals surface area (Å²) >= 11 is 0. The maximum absolute atomic E-state index is 15.4. The number of carbonyl (C=O) groups excluding carboxylic acids is 1. The zero-order valence-corrected chi connectivity index (χ0v) is 33.1. The number of carbonyl (C=O) groups is 1. The van der Waals surface area contributed by atoms with E-state index in [4.69, 9.17) is 18.6 Å². The molecule has 0 bridgehead atoms. The lowest BCUT2D eigenvalue weighted by molar-refractivity contribution is -0.187. The van der Waals surface area contributed by atoms with Crippen molar-refractivity contribution in [1.82, 2.24) is 4.90 Å². The molecule has 1 aromatic rings. The van der Waals surface area contributed by atoms with Crippen molar-refractivity contribution in [2.75, 3.05) is 13.2 Å². The highest BCUT2D eigenvalue weighted by molar-refractivity contribution is 7.93. The van der Waals surface area contributed by atoms with Gasteiger partial charge in [0, 0.05) is 24.7 Å². The van der Waals surface area contributed by atoms with Gasteiger partial charge in [0.05, 0.1) is 29.9 Å². The minimum atomic E-state index is -3.90. The summed E-state index contributed by atoms with van der Waals surface area (Å²) in [5.74, 6) is 6.88. The highest BCUT2D eigenvalue weighted by atomic mass is 32.2. The number of ether oxygens (including phenoxy) is 3. The highest BCUT2D eigenvalue weighted by Crippen LogP contribution is 2.59. The molecule has 2 saturated carbocycles. The molecule has 0 spiro atoms. The molecule has 8 atom stereocenters. The van der Waals surface area contributed by atoms with E-state index in [1.54, 1.807) is 12.1 Å². The van der Waals surface area contributed by atoms with Crippen molar-refractivity contribution in [2.24, 2.45) is 11.8 Å². The average Bonchev–Trinajstić information content (AvgIpc) is 3.72. The molecule has 0 radical (unpaired) electrons. The van der Waals surface area contributed by atoms with Crippen LogP contribution in [0.15, 0.2) is 35.2 Å². The van der Waals surface area contributed by atoms with Crippen molar-refractivity contribution < 1.29 is 31.8 Å². The van der Waals surface area contributed by atoms with Crippen LogP contribution in [0.25, 0.3) is 0 Å². The minimum Gasteiger partial charge on any atom is -0.466 e. The molecule has 1 aromatic carbocycles. The summed E-state index contributed by atoms with van der Waals surface area (Å²) in [4.78, 5) is 15.6. The Kier molecular flexibility index (Phi) is 11.6. The van der Waals surface area contributed by atoms with Crippen LogP contribution in [0.2, 0.25) is 18.1 Å². The van der Waals surface area contributed by atoms with Crippen LogP contribution in [-0.4, -0.2) is 82.2 Å². The number of rotatable bonds is 10. The normalized spacial score (nSPS) is 32.9. The molecule has 50 heavy (non-hydrogen) atoms. The van der Waals surface area contributed by atoms with Crippen LogP contribution in [0.4, 0.5) is 0 Å². The summed E-state index contributed by atoms with van der Waals surface area (Å²) in [5.41, 5.74) is 0. The van der Waals surface area contributed by atoms with Crippen LogP contribution < -0.4 is 0 Å². The Morgan fingerprint density at radius 1 is 1.04 bits per heavy atom. The zero-order valence-electron chi connectivity index (χ0n) is 31.3. The maximum Gasteiger partial charge on any atom is 0.307 e. The van der Waals surface area contributed by atoms with Gasteiger partial charge in [-0.1, -0.05) is 70.1 Å². The number of nitrogens with zero attached hydrogens (tertiary/aromatic N) is 1. The Morgan fingerprint density at radius 2 is 1.76 bits per heavy atom. The Morgan fingerprint density at radius 3 is 2.42 bits per heavy atom. The Labute approximate surface area is 302 Å². The fraction of sp³-hybridized carbons (Fsp3) is 0.775. The second-order valence-corrected chi connectivity index (χ2v) is 24.0. The summed E-state index contributed by atoms with van der Waals surface area (Å²) in [6.07, 6.45) is 10.7. The number of fused-ring (bicyclic) bond motifs is 3. The molecular weight excluding hydrogens is 667 g/mol. The molecule has 2 unspecified atom stereocenters. The van der Waals surface area contributed by atoms with Crippen LogP contribution >= 0.6 is 0 Å². The van der Waals surface area contributed by atoms with E-state index in [-0.39, 0.29) is 54.1 Å². The third-order valence-electron chi connectivity index (χ3n) is 12.9. The van der Waals surface area contributed by atoms with Crippen molar-refractivity contribution in [3.05, 3.63) is 30.3 Å². The second kappa shape index (κ2) is 15.3. The maximum atomic E-state index is 15.4. The van der Waals surface area contributed by atoms with Crippen molar-refractivity contribution in [3.8, 4) is 11.8 Å². The fourth-order valence-electron chi connectivity index (χ4n) is 9.42. The number of esters is 1. The van der Waals surface area contributed by atoms with Crippen LogP contribution in [0.5, 0.6) is 0 Å². The van der Waals surface area contributed by atoms with E-state index in [0.717, 1.165) is 57.8 Å². The second-order valence-electron chi connectivity index (χ2n) is 17.0. The van der Waals surface area contributed by atoms with Crippen molar-refractivity contribution in [3.63, 3.8) is 0 Å². The Balaban J connectivity index is 1.47. The molecule has 0 N–H and O–H groups in total. The molecule has 10 heteroatoms. The van der Waals surface area contributed by atoms with Crippen molar-refractivity contribution in [1.29, 1.82) is 0 Å². The molecule has 3 aliphatic heterocycles. The number of hydrogen-bond acceptors (Lipinski definition) is 8. The molecule has 3 heterocycles. The van der Waals surface area contributed by atoms with Gasteiger partial charge in [0.2, 0.25) is 0 Å². The van der Waals surface area contributed by atoms with Crippen LogP contribution in [0, 0.1) is 23.7 Å². The molecule has 0 amide bonds. The third kappa shape index (κ3) is 7.39. The first kappa shape index (κ1) is 38.0. The van der Waals surface area contributed by atoms with E-state index in [2.05, 4.69) is 50.6 Å². The molecule has 3 saturated heterocycles. The first-order valence-corrected chi connectivity index (χ1v) is 23.9. The lowest BCUT2D eigenvalue weighted by Gasteiger charge is -2.41. The van der Waals surface area contributed by atoms with Gasteiger partial charge in [-0.2, -0.15) is 0 Å². The van der Waals surface area contributed by atoms with E-state index in [9.17, 15) is 4.79 Å². The smallest absolute Gasteiger partial charge is 0.307 e. The van der Waals surface area contributed by atoms with Gasteiger partial charge < -0.3 is 18.6 Å². The predicted molar refractivity (Wildman–Crippen MR) is 198 cm³/mol. The van der Waals surface area contributed by atoms with E-state index in [0.29, 0.717) is 36.9 Å². The van der Waals surface area contributed by atoms with Crippen molar-refractivity contribution >= 4 is 24.1 Å². The van der Waals surface area contributed by atoms with E-state index >= 15 is 8.42 Å². The van der Waals surface area contributed by atoms with Gasteiger partial charge in [-0.15, -0.1) is 0 Å². The van der Waals surface area contributed by atoms with Gasteiger partial charge in [-0.25, -0.2) is 8.42 Å². The van der Waals surface area contributed by atoms with Crippen LogP contribution in [-0.2, 0) is 33.3 Å². The topological polar surface area (TPSA) is 91.4 Å². The Hall–Kier alpha value is -1.74. The van der Waals surface area contributed by atoms with Crippen LogP contribution in [0.3, 0.4) is 0 Å². The summed E-state index contributed by atoms with van der Waals surface area (Å²) in [6.45, 7) is 14.1. The summed E-state index contributed by atoms with van der Waals surface area (Å²) in [7, 11) is -6.25.